The van der Waals surface area contributed by atoms with E-state index in [2.05, 4.69) is 15.1 Å². The third kappa shape index (κ3) is 1.69. The summed E-state index contributed by atoms with van der Waals surface area (Å²) in [5.41, 5.74) is 1.92. The smallest absolute Gasteiger partial charge is 0.272 e. The van der Waals surface area contributed by atoms with E-state index in [0.717, 1.165) is 5.69 Å². The van der Waals surface area contributed by atoms with Crippen molar-refractivity contribution >= 4 is 22.6 Å². The van der Waals surface area contributed by atoms with Gasteiger partial charge in [-0.2, -0.15) is 4.68 Å². The number of halogens is 1. The average Bonchev–Trinajstić information content (AvgIpc) is 2.67. The summed E-state index contributed by atoms with van der Waals surface area (Å²) in [5.74, 6) is 0.313. The first-order chi connectivity index (χ1) is 8.65. The summed E-state index contributed by atoms with van der Waals surface area (Å²) in [7, 11) is 0. The number of nitrogens with one attached hydrogen (secondary N) is 1. The van der Waals surface area contributed by atoms with Gasteiger partial charge >= 0.3 is 0 Å². The third-order valence-electron chi connectivity index (χ3n) is 2.57. The number of nitrogens with zero attached hydrogens (tertiary/aromatic N) is 3. The minimum absolute atomic E-state index is 0.192. The van der Waals surface area contributed by atoms with Gasteiger partial charge in [0, 0.05) is 11.8 Å². The van der Waals surface area contributed by atoms with Crippen LogP contribution in [0.15, 0.2) is 35.1 Å². The van der Waals surface area contributed by atoms with Crippen LogP contribution in [0.4, 0.5) is 0 Å². The molecule has 0 aliphatic rings. The van der Waals surface area contributed by atoms with Crippen molar-refractivity contribution < 1.29 is 0 Å². The first-order valence-corrected chi connectivity index (χ1v) is 5.74. The highest BCUT2D eigenvalue weighted by molar-refractivity contribution is 6.31. The van der Waals surface area contributed by atoms with Crippen LogP contribution in [0.2, 0.25) is 5.15 Å². The van der Waals surface area contributed by atoms with Crippen LogP contribution in [-0.2, 0) is 0 Å². The molecule has 90 valence electrons. The predicted molar refractivity (Wildman–Crippen MR) is 69.2 cm³/mol. The number of rotatable bonds is 1. The fraction of sp³-hybridized carbons (Fsp3) is 0.0833. The molecule has 0 bridgehead atoms. The van der Waals surface area contributed by atoms with Crippen LogP contribution in [0.5, 0.6) is 0 Å². The van der Waals surface area contributed by atoms with Crippen LogP contribution in [0.1, 0.15) is 5.69 Å². The van der Waals surface area contributed by atoms with Crippen LogP contribution in [0.25, 0.3) is 16.9 Å². The van der Waals surface area contributed by atoms with E-state index in [9.17, 15) is 4.79 Å². The summed E-state index contributed by atoms with van der Waals surface area (Å²) >= 11 is 6.07. The molecule has 6 heteroatoms. The molecular formula is C12H9ClN4O. The topological polar surface area (TPSA) is 63.6 Å². The number of benzene rings is 1. The highest BCUT2D eigenvalue weighted by Crippen LogP contribution is 2.18. The van der Waals surface area contributed by atoms with Gasteiger partial charge in [-0.3, -0.25) is 9.89 Å². The maximum Gasteiger partial charge on any atom is 0.272 e. The van der Waals surface area contributed by atoms with Gasteiger partial charge in [-0.1, -0.05) is 23.7 Å². The second-order valence-corrected chi connectivity index (χ2v) is 4.30. The molecule has 0 fully saturated rings. The van der Waals surface area contributed by atoms with Gasteiger partial charge in [-0.15, -0.1) is 0 Å². The van der Waals surface area contributed by atoms with Crippen LogP contribution < -0.4 is 5.56 Å². The maximum absolute atomic E-state index is 11.7. The van der Waals surface area contributed by atoms with Gasteiger partial charge in [-0.05, 0) is 19.1 Å². The maximum atomic E-state index is 11.7. The van der Waals surface area contributed by atoms with E-state index in [1.54, 1.807) is 6.92 Å². The zero-order valence-corrected chi connectivity index (χ0v) is 10.3. The summed E-state index contributed by atoms with van der Waals surface area (Å²) in [6, 6.07) is 8.84. The fourth-order valence-corrected chi connectivity index (χ4v) is 2.00. The number of fused-ring (bicyclic) bond motifs is 1. The highest BCUT2D eigenvalue weighted by Gasteiger charge is 2.11. The number of hydrogen-bond acceptors (Lipinski definition) is 3. The highest BCUT2D eigenvalue weighted by atomic mass is 35.5. The van der Waals surface area contributed by atoms with Gasteiger partial charge in [0.2, 0.25) is 0 Å². The van der Waals surface area contributed by atoms with Crippen LogP contribution in [0.3, 0.4) is 0 Å². The molecule has 3 rings (SSSR count). The first-order valence-electron chi connectivity index (χ1n) is 5.36. The zero-order valence-electron chi connectivity index (χ0n) is 9.51. The van der Waals surface area contributed by atoms with Crippen molar-refractivity contribution in [1.29, 1.82) is 0 Å². The minimum atomic E-state index is -0.209. The number of para-hydroxylation sites is 2. The molecule has 18 heavy (non-hydrogen) atoms. The molecule has 0 aliphatic carbocycles. The molecule has 1 N–H and O–H groups in total. The van der Waals surface area contributed by atoms with E-state index in [4.69, 9.17) is 11.6 Å². The fourth-order valence-electron chi connectivity index (χ4n) is 1.78. The average molecular weight is 261 g/mol. The van der Waals surface area contributed by atoms with Crippen LogP contribution in [0, 0.1) is 6.92 Å². The minimum Gasteiger partial charge on any atom is -0.294 e. The van der Waals surface area contributed by atoms with Crippen molar-refractivity contribution in [3.05, 3.63) is 51.5 Å². The van der Waals surface area contributed by atoms with Crippen LogP contribution in [-0.4, -0.2) is 19.7 Å². The lowest BCUT2D eigenvalue weighted by atomic mass is 10.3. The van der Waals surface area contributed by atoms with Gasteiger partial charge in [-0.25, -0.2) is 9.97 Å². The molecule has 0 amide bonds. The number of hydrogen-bond donors (Lipinski definition) is 1. The third-order valence-corrected chi connectivity index (χ3v) is 2.83. The molecule has 0 unspecified atom stereocenters. The van der Waals surface area contributed by atoms with Crippen molar-refractivity contribution in [3.63, 3.8) is 0 Å². The summed E-state index contributed by atoms with van der Waals surface area (Å²) in [6.07, 6.45) is 0. The van der Waals surface area contributed by atoms with Crippen molar-refractivity contribution in [2.24, 2.45) is 0 Å². The number of aromatic amines is 1. The Morgan fingerprint density at radius 3 is 2.50 bits per heavy atom. The number of H-pyrrole nitrogens is 1. The molecular weight excluding hydrogens is 252 g/mol. The Labute approximate surface area is 107 Å². The van der Waals surface area contributed by atoms with E-state index in [-0.39, 0.29) is 10.7 Å². The Kier molecular flexibility index (Phi) is 2.41. The van der Waals surface area contributed by atoms with E-state index >= 15 is 0 Å². The van der Waals surface area contributed by atoms with Crippen molar-refractivity contribution in [2.45, 2.75) is 6.92 Å². The Morgan fingerprint density at radius 2 is 1.89 bits per heavy atom. The molecule has 0 aliphatic heterocycles. The van der Waals surface area contributed by atoms with Crippen molar-refractivity contribution in [2.75, 3.05) is 0 Å². The molecule has 0 radical (unpaired) electrons. The van der Waals surface area contributed by atoms with E-state index in [1.165, 1.54) is 10.7 Å². The zero-order chi connectivity index (χ0) is 12.7. The molecule has 2 aromatic heterocycles. The SMILES string of the molecule is Cc1cc(=O)n(-c2nc3ccccc3nc2Cl)[nH]1. The van der Waals surface area contributed by atoms with Crippen LogP contribution >= 0.6 is 11.6 Å². The quantitative estimate of drug-likeness (QED) is 0.728. The summed E-state index contributed by atoms with van der Waals surface area (Å²) in [5, 5.41) is 3.08. The van der Waals surface area contributed by atoms with Gasteiger partial charge < -0.3 is 0 Å². The number of aromatic nitrogens is 4. The molecule has 1 aromatic carbocycles. The van der Waals surface area contributed by atoms with Gasteiger partial charge in [0.1, 0.15) is 0 Å². The van der Waals surface area contributed by atoms with Gasteiger partial charge in [0.25, 0.3) is 5.56 Å². The van der Waals surface area contributed by atoms with Crippen molar-refractivity contribution in [1.82, 2.24) is 19.7 Å². The molecule has 5 nitrogen and oxygen atoms in total. The summed E-state index contributed by atoms with van der Waals surface area (Å²) in [6.45, 7) is 1.79. The van der Waals surface area contributed by atoms with E-state index in [0.29, 0.717) is 16.9 Å². The van der Waals surface area contributed by atoms with Crippen molar-refractivity contribution in [3.8, 4) is 5.82 Å². The Hall–Kier alpha value is -2.14. The summed E-state index contributed by atoms with van der Waals surface area (Å²) in [4.78, 5) is 20.3. The van der Waals surface area contributed by atoms with Gasteiger partial charge in [0.15, 0.2) is 11.0 Å². The van der Waals surface area contributed by atoms with E-state index < -0.39 is 0 Å². The Bertz CT molecular complexity index is 790. The largest absolute Gasteiger partial charge is 0.294 e. The first kappa shape index (κ1) is 11.0. The second-order valence-electron chi connectivity index (χ2n) is 3.94. The molecule has 0 atom stereocenters. The summed E-state index contributed by atoms with van der Waals surface area (Å²) < 4.78 is 1.29. The van der Waals surface area contributed by atoms with Gasteiger partial charge in [0.05, 0.1) is 11.0 Å². The lowest BCUT2D eigenvalue weighted by Gasteiger charge is -2.04. The van der Waals surface area contributed by atoms with E-state index in [1.807, 2.05) is 24.3 Å². The number of aryl methyl sites for hydroxylation is 1. The predicted octanol–water partition coefficient (Wildman–Crippen LogP) is 2.07. The molecule has 2 heterocycles. The second kappa shape index (κ2) is 3.96. The molecule has 0 spiro atoms. The lowest BCUT2D eigenvalue weighted by molar-refractivity contribution is 0.807. The lowest BCUT2D eigenvalue weighted by Crippen LogP contribution is -2.16. The normalized spacial score (nSPS) is 11.0. The molecule has 0 saturated heterocycles. The Morgan fingerprint density at radius 1 is 1.22 bits per heavy atom. The monoisotopic (exact) mass is 260 g/mol. The Balaban J connectivity index is 2.32. The molecule has 3 aromatic rings. The standard InChI is InChI=1S/C12H9ClN4O/c1-7-6-10(18)17(16-7)12-11(13)14-8-4-2-3-5-9(8)15-12/h2-6,16H,1H3. The molecule has 0 saturated carbocycles.